The number of nitrogens with one attached hydrogen (secondary N) is 1. The number of halogens is 2. The highest BCUT2D eigenvalue weighted by molar-refractivity contribution is 7.28. The number of hydrogen-bond donors (Lipinski definition) is 1. The zero-order valence-electron chi connectivity index (χ0n) is 27.0. The maximum absolute atomic E-state index is 15.4. The van der Waals surface area contributed by atoms with Gasteiger partial charge in [0.15, 0.2) is 5.54 Å². The molecule has 2 aliphatic heterocycles. The maximum Gasteiger partial charge on any atom is 0.410 e. The third-order valence-corrected chi connectivity index (χ3v) is 8.62. The molecule has 9 nitrogen and oxygen atoms in total. The predicted octanol–water partition coefficient (Wildman–Crippen LogP) is 5.45. The fraction of sp³-hybridized carbons (Fsp3) is 0.441. The zero-order valence-corrected chi connectivity index (χ0v) is 28.2. The summed E-state index contributed by atoms with van der Waals surface area (Å²) >= 11 is 0. The molecule has 3 heterocycles. The summed E-state index contributed by atoms with van der Waals surface area (Å²) in [5.74, 6) is -1.72. The fourth-order valence-electron chi connectivity index (χ4n) is 5.83. The molecule has 2 aliphatic rings. The molecule has 1 N–H and O–H groups in total. The van der Waals surface area contributed by atoms with Gasteiger partial charge in [-0.3, -0.25) is 4.79 Å². The average molecular weight is 655 g/mol. The minimum absolute atomic E-state index is 0.0587. The SMILES string of the molecule is CCc1ccc(C2C(c3ccc(F)cc3F)=NN(c3ccc(C)cc3P)C2(C)C(=O)NCC2CN(C(=O)OC(C)(C)C)CCO2)o1. The van der Waals surface area contributed by atoms with E-state index in [-0.39, 0.29) is 31.0 Å². The number of benzene rings is 2. The van der Waals surface area contributed by atoms with Gasteiger partial charge in [-0.05, 0) is 76.3 Å². The molecule has 46 heavy (non-hydrogen) atoms. The first-order valence-corrected chi connectivity index (χ1v) is 16.0. The Morgan fingerprint density at radius 3 is 2.57 bits per heavy atom. The van der Waals surface area contributed by atoms with E-state index in [1.54, 1.807) is 43.7 Å². The van der Waals surface area contributed by atoms with Gasteiger partial charge in [0.25, 0.3) is 0 Å². The van der Waals surface area contributed by atoms with Gasteiger partial charge in [0, 0.05) is 31.1 Å². The lowest BCUT2D eigenvalue weighted by Gasteiger charge is -2.38. The van der Waals surface area contributed by atoms with Gasteiger partial charge in [-0.25, -0.2) is 18.6 Å². The van der Waals surface area contributed by atoms with E-state index >= 15 is 4.39 Å². The van der Waals surface area contributed by atoms with Crippen molar-refractivity contribution in [1.29, 1.82) is 0 Å². The van der Waals surface area contributed by atoms with Gasteiger partial charge in [0.1, 0.15) is 28.8 Å². The Morgan fingerprint density at radius 1 is 1.15 bits per heavy atom. The van der Waals surface area contributed by atoms with Gasteiger partial charge in [0.2, 0.25) is 5.91 Å². The number of carbonyl (C=O) groups excluding carboxylic acids is 2. The molecule has 1 aromatic heterocycles. The summed E-state index contributed by atoms with van der Waals surface area (Å²) in [4.78, 5) is 28.9. The van der Waals surface area contributed by atoms with Crippen molar-refractivity contribution in [1.82, 2.24) is 10.2 Å². The fourth-order valence-corrected chi connectivity index (χ4v) is 6.32. The first kappa shape index (κ1) is 33.5. The molecule has 1 fully saturated rings. The molecule has 0 saturated carbocycles. The van der Waals surface area contributed by atoms with Crippen molar-refractivity contribution in [3.05, 3.63) is 82.8 Å². The number of morpholine rings is 1. The van der Waals surface area contributed by atoms with E-state index in [4.69, 9.17) is 19.0 Å². The van der Waals surface area contributed by atoms with E-state index in [9.17, 15) is 14.0 Å². The highest BCUT2D eigenvalue weighted by Crippen LogP contribution is 2.45. The first-order chi connectivity index (χ1) is 21.7. The molecule has 12 heteroatoms. The number of nitrogens with zero attached hydrogens (tertiary/aromatic N) is 3. The third kappa shape index (κ3) is 6.81. The minimum Gasteiger partial charge on any atom is -0.465 e. The van der Waals surface area contributed by atoms with Gasteiger partial charge in [0.05, 0.1) is 36.6 Å². The quantitative estimate of drug-likeness (QED) is 0.341. The maximum atomic E-state index is 15.4. The van der Waals surface area contributed by atoms with E-state index in [2.05, 4.69) is 14.6 Å². The summed E-state index contributed by atoms with van der Waals surface area (Å²) in [6.45, 7) is 12.0. The second kappa shape index (κ2) is 13.1. The second-order valence-corrected chi connectivity index (χ2v) is 13.5. The van der Waals surface area contributed by atoms with Crippen molar-refractivity contribution in [2.75, 3.05) is 31.3 Å². The molecule has 5 rings (SSSR count). The van der Waals surface area contributed by atoms with Crippen molar-refractivity contribution in [2.45, 2.75) is 71.1 Å². The van der Waals surface area contributed by atoms with E-state index < -0.39 is 46.8 Å². The molecular weight excluding hydrogens is 613 g/mol. The molecule has 3 aromatic rings. The summed E-state index contributed by atoms with van der Waals surface area (Å²) in [5.41, 5.74) is -0.216. The lowest BCUT2D eigenvalue weighted by atomic mass is 9.78. The number of amides is 2. The zero-order chi connectivity index (χ0) is 33.4. The van der Waals surface area contributed by atoms with E-state index in [1.807, 2.05) is 38.1 Å². The molecule has 0 bridgehead atoms. The van der Waals surface area contributed by atoms with Gasteiger partial charge in [-0.15, -0.1) is 9.24 Å². The Labute approximate surface area is 270 Å². The second-order valence-electron chi connectivity index (χ2n) is 12.9. The van der Waals surface area contributed by atoms with Gasteiger partial charge in [-0.2, -0.15) is 5.10 Å². The monoisotopic (exact) mass is 654 g/mol. The summed E-state index contributed by atoms with van der Waals surface area (Å²) in [7, 11) is 2.68. The predicted molar refractivity (Wildman–Crippen MR) is 176 cm³/mol. The van der Waals surface area contributed by atoms with E-state index in [0.717, 1.165) is 16.9 Å². The highest BCUT2D eigenvalue weighted by atomic mass is 31.0. The molecule has 4 unspecified atom stereocenters. The molecule has 0 radical (unpaired) electrons. The number of hydrazone groups is 1. The Kier molecular flexibility index (Phi) is 9.57. The molecule has 1 saturated heterocycles. The van der Waals surface area contributed by atoms with Crippen LogP contribution in [-0.4, -0.2) is 66.1 Å². The third-order valence-electron chi connectivity index (χ3n) is 8.16. The number of anilines is 1. The van der Waals surface area contributed by atoms with Crippen LogP contribution in [0.3, 0.4) is 0 Å². The molecule has 2 aromatic carbocycles. The minimum atomic E-state index is -1.47. The highest BCUT2D eigenvalue weighted by Gasteiger charge is 2.56. The standard InChI is InChI=1S/C34H41F2N4O5P/c1-7-22-10-13-27(44-22)29-30(24-11-9-21(35)17-25(24)36)38-40(26-12-8-20(2)16-28(26)46)34(29,6)31(41)37-18-23-19-39(14-15-43-23)32(42)45-33(3,4)5/h8-13,16-17,23,29H,7,14-15,18-19,46H2,1-6H3,(H,37,41). The molecule has 4 atom stereocenters. The Bertz CT molecular complexity index is 1650. The number of carbonyl (C=O) groups is 2. The number of aryl methyl sites for hydroxylation is 2. The van der Waals surface area contributed by atoms with E-state index in [1.165, 1.54) is 12.1 Å². The summed E-state index contributed by atoms with van der Waals surface area (Å²) in [5, 5.41) is 10.3. The van der Waals surface area contributed by atoms with Crippen molar-refractivity contribution in [2.24, 2.45) is 5.10 Å². The van der Waals surface area contributed by atoms with Crippen molar-refractivity contribution < 1.29 is 32.3 Å². The Morgan fingerprint density at radius 2 is 1.91 bits per heavy atom. The molecule has 0 spiro atoms. The van der Waals surface area contributed by atoms with Crippen molar-refractivity contribution >= 4 is 37.9 Å². The largest absolute Gasteiger partial charge is 0.465 e. The van der Waals surface area contributed by atoms with Crippen LogP contribution >= 0.6 is 9.24 Å². The first-order valence-electron chi connectivity index (χ1n) is 15.4. The summed E-state index contributed by atoms with van der Waals surface area (Å²) in [6.07, 6.45) is -0.334. The van der Waals surface area contributed by atoms with Crippen molar-refractivity contribution in [3.63, 3.8) is 0 Å². The number of hydrogen-bond acceptors (Lipinski definition) is 7. The van der Waals surface area contributed by atoms with Crippen LogP contribution in [0.2, 0.25) is 0 Å². The molecular formula is C34H41F2N4O5P. The lowest BCUT2D eigenvalue weighted by Crippen LogP contribution is -2.59. The van der Waals surface area contributed by atoms with Crippen LogP contribution < -0.4 is 15.6 Å². The smallest absolute Gasteiger partial charge is 0.410 e. The van der Waals surface area contributed by atoms with Gasteiger partial charge in [-0.1, -0.05) is 18.6 Å². The van der Waals surface area contributed by atoms with Crippen molar-refractivity contribution in [3.8, 4) is 0 Å². The Balaban J connectivity index is 1.53. The van der Waals surface area contributed by atoms with Crippen LogP contribution in [-0.2, 0) is 20.7 Å². The number of ether oxygens (including phenoxy) is 2. The van der Waals surface area contributed by atoms with Gasteiger partial charge < -0.3 is 24.1 Å². The van der Waals surface area contributed by atoms with E-state index in [0.29, 0.717) is 30.2 Å². The van der Waals surface area contributed by atoms with Crippen LogP contribution in [0.4, 0.5) is 19.3 Å². The van der Waals surface area contributed by atoms with Crippen LogP contribution in [0, 0.1) is 18.6 Å². The molecule has 0 aliphatic carbocycles. The number of rotatable bonds is 7. The Hall–Kier alpha value is -3.82. The normalized spacial score (nSPS) is 21.7. The topological polar surface area (TPSA) is 96.6 Å². The van der Waals surface area contributed by atoms with Crippen LogP contribution in [0.15, 0.2) is 58.0 Å². The number of furan rings is 1. The summed E-state index contributed by atoms with van der Waals surface area (Å²) < 4.78 is 47.1. The van der Waals surface area contributed by atoms with Crippen LogP contribution in [0.25, 0.3) is 0 Å². The van der Waals surface area contributed by atoms with Crippen LogP contribution in [0.1, 0.15) is 63.2 Å². The molecule has 246 valence electrons. The average Bonchev–Trinajstić information content (AvgIpc) is 3.58. The molecule has 2 amide bonds. The van der Waals surface area contributed by atoms with Crippen LogP contribution in [0.5, 0.6) is 0 Å². The lowest BCUT2D eigenvalue weighted by molar-refractivity contribution is -0.127. The van der Waals surface area contributed by atoms with Gasteiger partial charge >= 0.3 is 6.09 Å². The summed E-state index contributed by atoms with van der Waals surface area (Å²) in [6, 6.07) is 12.6.